The van der Waals surface area contributed by atoms with Crippen molar-refractivity contribution in [3.63, 3.8) is 0 Å². The van der Waals surface area contributed by atoms with Gasteiger partial charge in [0.1, 0.15) is 5.82 Å². The van der Waals surface area contributed by atoms with Crippen molar-refractivity contribution in [1.82, 2.24) is 14.1 Å². The van der Waals surface area contributed by atoms with Crippen LogP contribution in [0, 0.1) is 12.7 Å². The third-order valence-electron chi connectivity index (χ3n) is 4.56. The molecule has 1 saturated heterocycles. The Kier molecular flexibility index (Phi) is 5.61. The fraction of sp³-hybridized carbons (Fsp3) is 0.444. The van der Waals surface area contributed by atoms with E-state index in [4.69, 9.17) is 0 Å². The van der Waals surface area contributed by atoms with Gasteiger partial charge in [0.15, 0.2) is 0 Å². The Balaban J connectivity index is 1.92. The Hall–Kier alpha value is -2.26. The number of sulfonamides is 1. The minimum Gasteiger partial charge on any atom is -0.319 e. The molecule has 3 rings (SSSR count). The number of carbonyl (C=O) groups excluding carboxylic acids is 1. The summed E-state index contributed by atoms with van der Waals surface area (Å²) in [5.41, 5.74) is 0.616. The topological polar surface area (TPSA) is 84.3 Å². The first-order valence-corrected chi connectivity index (χ1v) is 10.3. The molecule has 1 aromatic carbocycles. The number of halogens is 1. The summed E-state index contributed by atoms with van der Waals surface area (Å²) >= 11 is 0. The van der Waals surface area contributed by atoms with E-state index in [9.17, 15) is 17.6 Å². The highest BCUT2D eigenvalue weighted by Gasteiger charge is 2.32. The molecule has 1 aliphatic rings. The Bertz CT molecular complexity index is 948. The normalized spacial score (nSPS) is 16.1. The lowest BCUT2D eigenvalue weighted by atomic mass is 10.2. The molecule has 2 aromatic rings. The van der Waals surface area contributed by atoms with E-state index in [2.05, 4.69) is 10.4 Å². The molecule has 0 saturated carbocycles. The van der Waals surface area contributed by atoms with Gasteiger partial charge in [0.05, 0.1) is 11.3 Å². The van der Waals surface area contributed by atoms with E-state index in [1.807, 2.05) is 0 Å². The maximum Gasteiger partial charge on any atom is 0.263 e. The van der Waals surface area contributed by atoms with Gasteiger partial charge in [0.25, 0.3) is 15.9 Å². The smallest absolute Gasteiger partial charge is 0.263 e. The third kappa shape index (κ3) is 4.19. The largest absolute Gasteiger partial charge is 0.319 e. The molecule has 1 amide bonds. The van der Waals surface area contributed by atoms with E-state index in [1.54, 1.807) is 20.0 Å². The number of nitrogens with one attached hydrogen (secondary N) is 1. The highest BCUT2D eigenvalue weighted by Crippen LogP contribution is 2.23. The van der Waals surface area contributed by atoms with E-state index in [0.717, 1.165) is 31.2 Å². The zero-order valence-corrected chi connectivity index (χ0v) is 16.2. The predicted molar refractivity (Wildman–Crippen MR) is 99.5 cm³/mol. The van der Waals surface area contributed by atoms with E-state index in [-0.39, 0.29) is 16.3 Å². The van der Waals surface area contributed by atoms with E-state index >= 15 is 0 Å². The number of rotatable bonds is 4. The van der Waals surface area contributed by atoms with Gasteiger partial charge in [-0.25, -0.2) is 12.8 Å². The molecule has 0 radical (unpaired) electrons. The number of hydrogen-bond donors (Lipinski definition) is 1. The van der Waals surface area contributed by atoms with Crippen LogP contribution in [-0.4, -0.2) is 41.5 Å². The monoisotopic (exact) mass is 394 g/mol. The number of aryl methyl sites for hydroxylation is 2. The Morgan fingerprint density at radius 1 is 1.19 bits per heavy atom. The average Bonchev–Trinajstić information content (AvgIpc) is 2.82. The van der Waals surface area contributed by atoms with Crippen molar-refractivity contribution >= 4 is 21.6 Å². The second kappa shape index (κ2) is 7.77. The molecule has 1 N–H and O–H groups in total. The molecule has 7 nitrogen and oxygen atoms in total. The van der Waals surface area contributed by atoms with Crippen molar-refractivity contribution in [3.05, 3.63) is 41.3 Å². The van der Waals surface area contributed by atoms with Crippen molar-refractivity contribution in [2.24, 2.45) is 7.05 Å². The SMILES string of the molecule is Cc1ccc(NC(=O)c2cn(C)nc2S(=O)(=O)N2CCCCCC2)c(F)c1. The summed E-state index contributed by atoms with van der Waals surface area (Å²) in [5, 5.41) is 6.17. The Morgan fingerprint density at radius 2 is 1.85 bits per heavy atom. The molecule has 1 aromatic heterocycles. The summed E-state index contributed by atoms with van der Waals surface area (Å²) in [7, 11) is -2.36. The molecule has 27 heavy (non-hydrogen) atoms. The van der Waals surface area contributed by atoms with Crippen LogP contribution in [0.5, 0.6) is 0 Å². The Morgan fingerprint density at radius 3 is 2.48 bits per heavy atom. The van der Waals surface area contributed by atoms with E-state index in [1.165, 1.54) is 27.3 Å². The second-order valence-electron chi connectivity index (χ2n) is 6.78. The molecule has 0 spiro atoms. The molecular weight excluding hydrogens is 371 g/mol. The fourth-order valence-corrected chi connectivity index (χ4v) is 4.77. The van der Waals surface area contributed by atoms with Crippen molar-refractivity contribution in [2.45, 2.75) is 37.6 Å². The number of nitrogens with zero attached hydrogens (tertiary/aromatic N) is 3. The first-order chi connectivity index (χ1) is 12.8. The van der Waals surface area contributed by atoms with E-state index in [0.29, 0.717) is 13.1 Å². The lowest BCUT2D eigenvalue weighted by Gasteiger charge is -2.19. The lowest BCUT2D eigenvalue weighted by Crippen LogP contribution is -2.33. The van der Waals surface area contributed by atoms with Crippen LogP contribution >= 0.6 is 0 Å². The lowest BCUT2D eigenvalue weighted by molar-refractivity contribution is 0.102. The number of carbonyl (C=O) groups is 1. The number of hydrogen-bond acceptors (Lipinski definition) is 4. The zero-order chi connectivity index (χ0) is 19.6. The average molecular weight is 394 g/mol. The molecule has 0 aliphatic carbocycles. The highest BCUT2D eigenvalue weighted by atomic mass is 32.2. The molecule has 0 unspecified atom stereocenters. The third-order valence-corrected chi connectivity index (χ3v) is 6.40. The van der Waals surface area contributed by atoms with Crippen molar-refractivity contribution in [3.8, 4) is 0 Å². The van der Waals surface area contributed by atoms with Crippen molar-refractivity contribution in [1.29, 1.82) is 0 Å². The number of amides is 1. The molecular formula is C18H23FN4O3S. The summed E-state index contributed by atoms with van der Waals surface area (Å²) in [5.74, 6) is -1.29. The van der Waals surface area contributed by atoms with Gasteiger partial charge in [-0.3, -0.25) is 9.48 Å². The molecule has 146 valence electrons. The van der Waals surface area contributed by atoms with Gasteiger partial charge in [-0.2, -0.15) is 9.40 Å². The first-order valence-electron chi connectivity index (χ1n) is 8.90. The van der Waals surface area contributed by atoms with Crippen LogP contribution in [0.4, 0.5) is 10.1 Å². The first kappa shape index (κ1) is 19.5. The summed E-state index contributed by atoms with van der Waals surface area (Å²) in [6.07, 6.45) is 4.86. The molecule has 0 atom stereocenters. The molecule has 0 bridgehead atoms. The van der Waals surface area contributed by atoms with Gasteiger partial charge in [-0.05, 0) is 37.5 Å². The van der Waals surface area contributed by atoms with Crippen LogP contribution in [-0.2, 0) is 17.1 Å². The van der Waals surface area contributed by atoms with Gasteiger partial charge in [-0.15, -0.1) is 0 Å². The van der Waals surface area contributed by atoms with Crippen LogP contribution in [0.3, 0.4) is 0 Å². The van der Waals surface area contributed by atoms with Gasteiger partial charge >= 0.3 is 0 Å². The van der Waals surface area contributed by atoms with Gasteiger partial charge in [-0.1, -0.05) is 18.9 Å². The maximum atomic E-state index is 14.0. The maximum absolute atomic E-state index is 14.0. The zero-order valence-electron chi connectivity index (χ0n) is 15.4. The predicted octanol–water partition coefficient (Wildman–Crippen LogP) is 2.68. The standard InChI is InChI=1S/C18H23FN4O3S/c1-13-7-8-16(15(19)11-13)20-17(24)14-12-22(2)21-18(14)27(25,26)23-9-5-3-4-6-10-23/h7-8,11-12H,3-6,9-10H2,1-2H3,(H,20,24). The number of aromatic nitrogens is 2. The van der Waals surface area contributed by atoms with Crippen molar-refractivity contribution in [2.75, 3.05) is 18.4 Å². The number of anilines is 1. The quantitative estimate of drug-likeness (QED) is 0.864. The fourth-order valence-electron chi connectivity index (χ4n) is 3.13. The molecule has 1 fully saturated rings. The van der Waals surface area contributed by atoms with Crippen LogP contribution in [0.1, 0.15) is 41.6 Å². The number of benzene rings is 1. The van der Waals surface area contributed by atoms with Gasteiger partial charge in [0.2, 0.25) is 5.03 Å². The highest BCUT2D eigenvalue weighted by molar-refractivity contribution is 7.89. The van der Waals surface area contributed by atoms with Crippen LogP contribution in [0.2, 0.25) is 0 Å². The minimum atomic E-state index is -3.90. The van der Waals surface area contributed by atoms with Crippen molar-refractivity contribution < 1.29 is 17.6 Å². The summed E-state index contributed by atoms with van der Waals surface area (Å²) in [6.45, 7) is 2.56. The minimum absolute atomic E-state index is 0.00688. The second-order valence-corrected chi connectivity index (χ2v) is 8.63. The molecule has 1 aliphatic heterocycles. The van der Waals surface area contributed by atoms with Gasteiger partial charge in [0, 0.05) is 26.3 Å². The molecule has 2 heterocycles. The summed E-state index contributed by atoms with van der Waals surface area (Å²) in [4.78, 5) is 12.7. The van der Waals surface area contributed by atoms with Gasteiger partial charge < -0.3 is 5.32 Å². The van der Waals surface area contributed by atoms with E-state index < -0.39 is 21.7 Å². The van der Waals surface area contributed by atoms with Crippen LogP contribution in [0.15, 0.2) is 29.4 Å². The molecule has 9 heteroatoms. The van der Waals surface area contributed by atoms with Crippen LogP contribution in [0.25, 0.3) is 0 Å². The summed E-state index contributed by atoms with van der Waals surface area (Å²) < 4.78 is 42.8. The Labute approximate surface area is 158 Å². The van der Waals surface area contributed by atoms with Crippen LogP contribution < -0.4 is 5.32 Å². The summed E-state index contributed by atoms with van der Waals surface area (Å²) in [6, 6.07) is 4.41.